The smallest absolute Gasteiger partial charge is 0.194 e. The van der Waals surface area contributed by atoms with E-state index in [1.807, 2.05) is 12.1 Å². The average Bonchev–Trinajstić information content (AvgIpc) is 2.79. The summed E-state index contributed by atoms with van der Waals surface area (Å²) in [5, 5.41) is 36.2. The quantitative estimate of drug-likeness (QED) is 0.530. The molecule has 0 atom stereocenters. The number of fused-ring (bicyclic) bond motifs is 1. The van der Waals surface area contributed by atoms with Gasteiger partial charge in [0.15, 0.2) is 5.78 Å². The first-order valence-corrected chi connectivity index (χ1v) is 5.87. The van der Waals surface area contributed by atoms with Crippen LogP contribution in [0, 0.1) is 45.3 Å². The molecule has 1 aliphatic carbocycles. The van der Waals surface area contributed by atoms with E-state index in [9.17, 15) is 4.79 Å². The number of allylic oxidation sites excluding steroid dienone is 4. The number of hydrogen-bond donors (Lipinski definition) is 0. The number of ketones is 1. The summed E-state index contributed by atoms with van der Waals surface area (Å²) in [6.07, 6.45) is 1.52. The van der Waals surface area contributed by atoms with Crippen molar-refractivity contribution in [3.8, 4) is 24.3 Å². The second-order valence-corrected chi connectivity index (χ2v) is 4.17. The zero-order valence-electron chi connectivity index (χ0n) is 10.9. The largest absolute Gasteiger partial charge is 0.289 e. The van der Waals surface area contributed by atoms with E-state index in [2.05, 4.69) is 0 Å². The third-order valence-corrected chi connectivity index (χ3v) is 3.19. The van der Waals surface area contributed by atoms with Crippen LogP contribution in [-0.2, 0) is 0 Å². The Morgan fingerprint density at radius 2 is 1.52 bits per heavy atom. The maximum absolute atomic E-state index is 12.3. The van der Waals surface area contributed by atoms with Gasteiger partial charge in [-0.25, -0.2) is 0 Å². The molecular formula is C16H6N4O. The molecule has 1 aliphatic rings. The fourth-order valence-electron chi connectivity index (χ4n) is 2.26. The highest BCUT2D eigenvalue weighted by atomic mass is 16.1. The minimum atomic E-state index is -0.355. The Kier molecular flexibility index (Phi) is 3.37. The molecule has 0 fully saturated rings. The van der Waals surface area contributed by atoms with E-state index < -0.39 is 0 Å². The van der Waals surface area contributed by atoms with Crippen molar-refractivity contribution in [3.05, 3.63) is 51.6 Å². The monoisotopic (exact) mass is 270 g/mol. The Hall–Kier alpha value is -3.67. The third kappa shape index (κ3) is 1.87. The van der Waals surface area contributed by atoms with Crippen LogP contribution in [0.3, 0.4) is 0 Å². The Morgan fingerprint density at radius 3 is 1.95 bits per heavy atom. The maximum Gasteiger partial charge on any atom is 0.194 e. The number of benzene rings is 1. The topological polar surface area (TPSA) is 112 Å². The molecule has 0 unspecified atom stereocenters. The zero-order valence-corrected chi connectivity index (χ0v) is 10.9. The van der Waals surface area contributed by atoms with Gasteiger partial charge in [-0.3, -0.25) is 4.79 Å². The van der Waals surface area contributed by atoms with E-state index in [0.29, 0.717) is 5.56 Å². The van der Waals surface area contributed by atoms with Gasteiger partial charge in [0.1, 0.15) is 29.8 Å². The lowest BCUT2D eigenvalue weighted by Gasteiger charge is -2.02. The molecule has 0 aromatic heterocycles. The molecule has 96 valence electrons. The van der Waals surface area contributed by atoms with Gasteiger partial charge in [-0.2, -0.15) is 21.0 Å². The molecule has 2 rings (SSSR count). The molecule has 0 saturated carbocycles. The average molecular weight is 270 g/mol. The van der Waals surface area contributed by atoms with Gasteiger partial charge in [-0.05, 0) is 24.6 Å². The van der Waals surface area contributed by atoms with Crippen LogP contribution < -0.4 is 0 Å². The van der Waals surface area contributed by atoms with Crippen molar-refractivity contribution >= 4 is 11.4 Å². The SMILES string of the molecule is CC=C1C(=O)c2cc(C#N)c(C#N)cc2C1=C(C#N)C#N. The summed E-state index contributed by atoms with van der Waals surface area (Å²) in [5.74, 6) is -0.355. The lowest BCUT2D eigenvalue weighted by atomic mass is 9.96. The Morgan fingerprint density at radius 1 is 1.00 bits per heavy atom. The highest BCUT2D eigenvalue weighted by Crippen LogP contribution is 2.39. The fourth-order valence-corrected chi connectivity index (χ4v) is 2.26. The van der Waals surface area contributed by atoms with Crippen LogP contribution in [0.15, 0.2) is 29.4 Å². The summed E-state index contributed by atoms with van der Waals surface area (Å²) in [5.41, 5.74) is 1.05. The van der Waals surface area contributed by atoms with E-state index in [-0.39, 0.29) is 39.2 Å². The maximum atomic E-state index is 12.3. The van der Waals surface area contributed by atoms with E-state index in [1.54, 1.807) is 19.1 Å². The molecule has 0 N–H and O–H groups in total. The Labute approximate surface area is 120 Å². The molecule has 5 nitrogen and oxygen atoms in total. The van der Waals surface area contributed by atoms with Crippen molar-refractivity contribution in [1.29, 1.82) is 21.0 Å². The fraction of sp³-hybridized carbons (Fsp3) is 0.0625. The van der Waals surface area contributed by atoms with Crippen molar-refractivity contribution in [2.45, 2.75) is 6.92 Å². The number of carbonyl (C=O) groups excluding carboxylic acids is 1. The van der Waals surface area contributed by atoms with Crippen molar-refractivity contribution in [1.82, 2.24) is 0 Å². The summed E-state index contributed by atoms with van der Waals surface area (Å²) in [4.78, 5) is 12.3. The molecule has 0 aliphatic heterocycles. The minimum absolute atomic E-state index is 0.0942. The second kappa shape index (κ2) is 5.14. The molecule has 0 spiro atoms. The third-order valence-electron chi connectivity index (χ3n) is 3.19. The van der Waals surface area contributed by atoms with Crippen molar-refractivity contribution < 1.29 is 4.79 Å². The Balaban J connectivity index is 2.97. The van der Waals surface area contributed by atoms with Gasteiger partial charge in [0.25, 0.3) is 0 Å². The summed E-state index contributed by atoms with van der Waals surface area (Å²) in [7, 11) is 0. The molecule has 0 amide bonds. The van der Waals surface area contributed by atoms with Crippen molar-refractivity contribution in [2.24, 2.45) is 0 Å². The van der Waals surface area contributed by atoms with Crippen LogP contribution in [0.25, 0.3) is 5.57 Å². The van der Waals surface area contributed by atoms with Crippen molar-refractivity contribution in [2.75, 3.05) is 0 Å². The number of hydrogen-bond acceptors (Lipinski definition) is 5. The van der Waals surface area contributed by atoms with E-state index in [4.69, 9.17) is 21.0 Å². The molecule has 0 saturated heterocycles. The van der Waals surface area contributed by atoms with Crippen molar-refractivity contribution in [3.63, 3.8) is 0 Å². The van der Waals surface area contributed by atoms with Gasteiger partial charge in [-0.15, -0.1) is 0 Å². The van der Waals surface area contributed by atoms with Gasteiger partial charge < -0.3 is 0 Å². The van der Waals surface area contributed by atoms with Gasteiger partial charge in [0, 0.05) is 16.7 Å². The van der Waals surface area contributed by atoms with Gasteiger partial charge >= 0.3 is 0 Å². The standard InChI is InChI=1S/C16H6N4O/c1-2-12-15(11(7-19)8-20)13-3-9(5-17)10(6-18)4-14(13)16(12)21/h2-4H,1H3. The molecule has 5 heteroatoms. The van der Waals surface area contributed by atoms with Crippen LogP contribution in [0.1, 0.15) is 34.0 Å². The lowest BCUT2D eigenvalue weighted by Crippen LogP contribution is -1.96. The molecule has 1 aromatic rings. The normalized spacial score (nSPS) is 13.9. The van der Waals surface area contributed by atoms with Crippen LogP contribution in [0.4, 0.5) is 0 Å². The first kappa shape index (κ1) is 13.8. The molecule has 0 bridgehead atoms. The predicted molar refractivity (Wildman–Crippen MR) is 72.1 cm³/mol. The second-order valence-electron chi connectivity index (χ2n) is 4.17. The minimum Gasteiger partial charge on any atom is -0.289 e. The first-order chi connectivity index (χ1) is 10.1. The van der Waals surface area contributed by atoms with Gasteiger partial charge in [0.2, 0.25) is 0 Å². The van der Waals surface area contributed by atoms with Crippen LogP contribution >= 0.6 is 0 Å². The number of nitrogens with zero attached hydrogens (tertiary/aromatic N) is 4. The molecule has 0 radical (unpaired) electrons. The zero-order chi connectivity index (χ0) is 15.6. The van der Waals surface area contributed by atoms with Crippen LogP contribution in [0.2, 0.25) is 0 Å². The van der Waals surface area contributed by atoms with Crippen LogP contribution in [-0.4, -0.2) is 5.78 Å². The predicted octanol–water partition coefficient (Wildman–Crippen LogP) is 2.37. The number of Topliss-reactive ketones (excluding diaryl/α,β-unsaturated/α-hetero) is 1. The highest BCUT2D eigenvalue weighted by Gasteiger charge is 2.33. The summed E-state index contributed by atoms with van der Waals surface area (Å²) in [6, 6.07) is 9.98. The van der Waals surface area contributed by atoms with E-state index >= 15 is 0 Å². The molecule has 0 heterocycles. The molecule has 21 heavy (non-hydrogen) atoms. The highest BCUT2D eigenvalue weighted by molar-refractivity contribution is 6.27. The van der Waals surface area contributed by atoms with Crippen LogP contribution in [0.5, 0.6) is 0 Å². The number of rotatable bonds is 0. The summed E-state index contributed by atoms with van der Waals surface area (Å²) in [6.45, 7) is 1.63. The molecular weight excluding hydrogens is 264 g/mol. The van der Waals surface area contributed by atoms with Gasteiger partial charge in [0.05, 0.1) is 11.1 Å². The van der Waals surface area contributed by atoms with Gasteiger partial charge in [-0.1, -0.05) is 6.08 Å². The number of nitriles is 4. The first-order valence-electron chi connectivity index (χ1n) is 5.87. The molecule has 1 aromatic carbocycles. The van der Waals surface area contributed by atoms with E-state index in [1.165, 1.54) is 18.2 Å². The number of carbonyl (C=O) groups is 1. The lowest BCUT2D eigenvalue weighted by molar-refractivity contribution is 0.104. The Bertz CT molecular complexity index is 890. The van der Waals surface area contributed by atoms with E-state index in [0.717, 1.165) is 0 Å². The summed E-state index contributed by atoms with van der Waals surface area (Å²) >= 11 is 0. The summed E-state index contributed by atoms with van der Waals surface area (Å²) < 4.78 is 0.